The summed E-state index contributed by atoms with van der Waals surface area (Å²) in [6.07, 6.45) is 0.564. The van der Waals surface area contributed by atoms with E-state index in [2.05, 4.69) is 5.32 Å². The molecule has 0 aromatic rings. The summed E-state index contributed by atoms with van der Waals surface area (Å²) in [6, 6.07) is 0. The number of carbonyl (C=O) groups excluding carboxylic acids is 1. The molecule has 1 atom stereocenters. The number of aliphatic hydroxyl groups excluding tert-OH is 1. The predicted octanol–water partition coefficient (Wildman–Crippen LogP) is 0.283. The van der Waals surface area contributed by atoms with Crippen molar-refractivity contribution in [3.63, 3.8) is 0 Å². The monoisotopic (exact) mass is 145 g/mol. The van der Waals surface area contributed by atoms with Gasteiger partial charge < -0.3 is 10.4 Å². The quantitative estimate of drug-likeness (QED) is 0.597. The molecule has 0 aromatic heterocycles. The second-order valence-corrected chi connectivity index (χ2v) is 2.20. The van der Waals surface area contributed by atoms with Gasteiger partial charge in [-0.3, -0.25) is 4.79 Å². The van der Waals surface area contributed by atoms with Gasteiger partial charge in [-0.05, 0) is 13.3 Å². The number of aliphatic hydroxyl groups is 1. The highest BCUT2D eigenvalue weighted by atomic mass is 16.3. The Morgan fingerprint density at radius 1 is 1.60 bits per heavy atom. The van der Waals surface area contributed by atoms with Crippen LogP contribution in [0.2, 0.25) is 0 Å². The number of likely N-dealkylation sites (N-methyl/N-ethyl adjacent to an activating group) is 1. The van der Waals surface area contributed by atoms with Crippen LogP contribution < -0.4 is 5.32 Å². The van der Waals surface area contributed by atoms with Crippen molar-refractivity contribution in [2.75, 3.05) is 6.54 Å². The summed E-state index contributed by atoms with van der Waals surface area (Å²) >= 11 is 0. The van der Waals surface area contributed by atoms with Crippen LogP contribution in [0.1, 0.15) is 26.7 Å². The number of nitrogens with one attached hydrogen (secondary N) is 1. The SMILES string of the molecule is CCCC(O)C(=O)NCC. The highest BCUT2D eigenvalue weighted by Gasteiger charge is 2.10. The summed E-state index contributed by atoms with van der Waals surface area (Å²) in [5.41, 5.74) is 0. The van der Waals surface area contributed by atoms with Gasteiger partial charge in [0.1, 0.15) is 6.10 Å². The molecule has 0 spiro atoms. The van der Waals surface area contributed by atoms with Crippen LogP contribution in [-0.4, -0.2) is 23.7 Å². The Labute approximate surface area is 61.4 Å². The molecule has 0 saturated heterocycles. The second kappa shape index (κ2) is 5.23. The molecule has 0 bridgehead atoms. The van der Waals surface area contributed by atoms with Crippen molar-refractivity contribution in [1.82, 2.24) is 5.32 Å². The molecule has 3 nitrogen and oxygen atoms in total. The summed E-state index contributed by atoms with van der Waals surface area (Å²) in [5.74, 6) is -0.260. The molecular formula is C7H15NO2. The van der Waals surface area contributed by atoms with Crippen LogP contribution in [0.25, 0.3) is 0 Å². The topological polar surface area (TPSA) is 49.3 Å². The van der Waals surface area contributed by atoms with Crippen LogP contribution >= 0.6 is 0 Å². The molecule has 1 unspecified atom stereocenters. The zero-order valence-corrected chi connectivity index (χ0v) is 6.55. The molecule has 2 N–H and O–H groups in total. The third kappa shape index (κ3) is 3.45. The average molecular weight is 145 g/mol. The Morgan fingerprint density at radius 3 is 2.60 bits per heavy atom. The molecule has 3 heteroatoms. The van der Waals surface area contributed by atoms with Gasteiger partial charge in [0.2, 0.25) is 5.91 Å². The average Bonchev–Trinajstić information content (AvgIpc) is 1.89. The molecule has 0 fully saturated rings. The van der Waals surface area contributed by atoms with Crippen LogP contribution in [-0.2, 0) is 4.79 Å². The maximum Gasteiger partial charge on any atom is 0.248 e. The number of rotatable bonds is 4. The minimum atomic E-state index is -0.815. The molecule has 1 amide bonds. The fourth-order valence-corrected chi connectivity index (χ4v) is 0.697. The van der Waals surface area contributed by atoms with Gasteiger partial charge in [0.25, 0.3) is 0 Å². The van der Waals surface area contributed by atoms with Crippen molar-refractivity contribution >= 4 is 5.91 Å². The Morgan fingerprint density at radius 2 is 2.20 bits per heavy atom. The molecule has 60 valence electrons. The number of carbonyl (C=O) groups is 1. The fourth-order valence-electron chi connectivity index (χ4n) is 0.697. The maximum absolute atomic E-state index is 10.8. The molecular weight excluding hydrogens is 130 g/mol. The van der Waals surface area contributed by atoms with Crippen molar-refractivity contribution in [3.05, 3.63) is 0 Å². The van der Waals surface area contributed by atoms with Gasteiger partial charge in [-0.1, -0.05) is 13.3 Å². The van der Waals surface area contributed by atoms with Gasteiger partial charge in [0, 0.05) is 6.54 Å². The zero-order valence-electron chi connectivity index (χ0n) is 6.55. The predicted molar refractivity (Wildman–Crippen MR) is 39.6 cm³/mol. The second-order valence-electron chi connectivity index (χ2n) is 2.20. The maximum atomic E-state index is 10.8. The smallest absolute Gasteiger partial charge is 0.248 e. The van der Waals surface area contributed by atoms with E-state index in [0.29, 0.717) is 13.0 Å². The van der Waals surface area contributed by atoms with Gasteiger partial charge in [0.05, 0.1) is 0 Å². The Kier molecular flexibility index (Phi) is 4.94. The molecule has 0 aliphatic heterocycles. The first-order valence-corrected chi connectivity index (χ1v) is 3.68. The molecule has 0 heterocycles. The van der Waals surface area contributed by atoms with E-state index in [-0.39, 0.29) is 5.91 Å². The van der Waals surface area contributed by atoms with Crippen LogP contribution in [0.5, 0.6) is 0 Å². The Hall–Kier alpha value is -0.570. The molecule has 0 saturated carbocycles. The van der Waals surface area contributed by atoms with E-state index in [1.54, 1.807) is 0 Å². The minimum Gasteiger partial charge on any atom is -0.383 e. The molecule has 0 aromatic carbocycles. The standard InChI is InChI=1S/C7H15NO2/c1-3-5-6(9)7(10)8-4-2/h6,9H,3-5H2,1-2H3,(H,8,10). The van der Waals surface area contributed by atoms with Crippen molar-refractivity contribution in [2.24, 2.45) is 0 Å². The summed E-state index contributed by atoms with van der Waals surface area (Å²) in [5, 5.41) is 11.6. The third-order valence-electron chi connectivity index (χ3n) is 1.22. The third-order valence-corrected chi connectivity index (χ3v) is 1.22. The molecule has 0 aliphatic carbocycles. The van der Waals surface area contributed by atoms with Gasteiger partial charge in [-0.2, -0.15) is 0 Å². The Bertz CT molecular complexity index is 104. The summed E-state index contributed by atoms with van der Waals surface area (Å²) < 4.78 is 0. The lowest BCUT2D eigenvalue weighted by molar-refractivity contribution is -0.129. The highest BCUT2D eigenvalue weighted by Crippen LogP contribution is 1.94. The largest absolute Gasteiger partial charge is 0.383 e. The van der Waals surface area contributed by atoms with E-state index in [1.165, 1.54) is 0 Å². The van der Waals surface area contributed by atoms with E-state index >= 15 is 0 Å². The van der Waals surface area contributed by atoms with E-state index in [9.17, 15) is 4.79 Å². The normalized spacial score (nSPS) is 12.7. The zero-order chi connectivity index (χ0) is 7.98. The Balaban J connectivity index is 3.49. The molecule has 0 rings (SSSR count). The summed E-state index contributed by atoms with van der Waals surface area (Å²) in [7, 11) is 0. The fraction of sp³-hybridized carbons (Fsp3) is 0.857. The minimum absolute atomic E-state index is 0.260. The van der Waals surface area contributed by atoms with E-state index in [1.807, 2.05) is 13.8 Å². The van der Waals surface area contributed by atoms with Crippen LogP contribution in [0.4, 0.5) is 0 Å². The van der Waals surface area contributed by atoms with Crippen molar-refractivity contribution in [1.29, 1.82) is 0 Å². The molecule has 10 heavy (non-hydrogen) atoms. The summed E-state index contributed by atoms with van der Waals surface area (Å²) in [4.78, 5) is 10.8. The van der Waals surface area contributed by atoms with Crippen LogP contribution in [0, 0.1) is 0 Å². The first-order chi connectivity index (χ1) is 4.72. The van der Waals surface area contributed by atoms with E-state index in [4.69, 9.17) is 5.11 Å². The summed E-state index contributed by atoms with van der Waals surface area (Å²) in [6.45, 7) is 4.35. The van der Waals surface area contributed by atoms with E-state index < -0.39 is 6.10 Å². The first-order valence-electron chi connectivity index (χ1n) is 3.68. The van der Waals surface area contributed by atoms with Crippen LogP contribution in [0.3, 0.4) is 0 Å². The van der Waals surface area contributed by atoms with Gasteiger partial charge in [-0.15, -0.1) is 0 Å². The molecule has 0 aliphatic rings. The lowest BCUT2D eigenvalue weighted by atomic mass is 10.2. The van der Waals surface area contributed by atoms with Crippen molar-refractivity contribution < 1.29 is 9.90 Å². The van der Waals surface area contributed by atoms with Gasteiger partial charge >= 0.3 is 0 Å². The van der Waals surface area contributed by atoms with Crippen molar-refractivity contribution in [2.45, 2.75) is 32.8 Å². The van der Waals surface area contributed by atoms with Gasteiger partial charge in [0.15, 0.2) is 0 Å². The first kappa shape index (κ1) is 9.43. The van der Waals surface area contributed by atoms with Crippen LogP contribution in [0.15, 0.2) is 0 Å². The van der Waals surface area contributed by atoms with E-state index in [0.717, 1.165) is 6.42 Å². The number of hydrogen-bond donors (Lipinski definition) is 2. The lowest BCUT2D eigenvalue weighted by Gasteiger charge is -2.07. The molecule has 0 radical (unpaired) electrons. The van der Waals surface area contributed by atoms with Gasteiger partial charge in [-0.25, -0.2) is 0 Å². The number of amides is 1. The van der Waals surface area contributed by atoms with Crippen molar-refractivity contribution in [3.8, 4) is 0 Å². The highest BCUT2D eigenvalue weighted by molar-refractivity contribution is 5.80. The number of hydrogen-bond acceptors (Lipinski definition) is 2. The lowest BCUT2D eigenvalue weighted by Crippen LogP contribution is -2.34.